The first kappa shape index (κ1) is 35.4. The van der Waals surface area contributed by atoms with Crippen LogP contribution in [0.25, 0.3) is 11.1 Å². The fourth-order valence-corrected chi connectivity index (χ4v) is 7.32. The molecule has 1 amide bonds. The molecule has 7 rings (SSSR count). The molecule has 8 nitrogen and oxygen atoms in total. The molecule has 8 heteroatoms. The quantitative estimate of drug-likeness (QED) is 0.147. The maximum Gasteiger partial charge on any atom is 0.251 e. The highest BCUT2D eigenvalue weighted by atomic mass is 16.7. The molecule has 0 unspecified atom stereocenters. The number of amides is 1. The maximum absolute atomic E-state index is 12.8. The molecule has 0 spiro atoms. The highest BCUT2D eigenvalue weighted by molar-refractivity contribution is 5.94. The monoisotopic (exact) mass is 698 g/mol. The standard InChI is InChI=1S/C44H46N2O6/c1-29-41(27-46-22-21-35-23-39(49-2)40(50-3)24-37(35)26-46)51-44(52-42(29)32-15-13-30(28-47)14-16-32)34-19-17-31(18-20-34)38-12-8-7-11-36(38)25-45-43(48)33-9-5-4-6-10-33/h4-20,23-24,29,41-42,44,47H,21-22,25-28H2,1-3H3,(H,45,48)/t29-,41+,42+,44+/m0/s1. The third-order valence-electron chi connectivity index (χ3n) is 10.3. The highest BCUT2D eigenvalue weighted by Crippen LogP contribution is 2.43. The minimum atomic E-state index is -0.570. The predicted octanol–water partition coefficient (Wildman–Crippen LogP) is 7.64. The normalized spacial score (nSPS) is 20.2. The lowest BCUT2D eigenvalue weighted by Gasteiger charge is -2.43. The molecular formula is C44H46N2O6. The summed E-state index contributed by atoms with van der Waals surface area (Å²) in [6.45, 7) is 5.07. The van der Waals surface area contributed by atoms with E-state index in [0.717, 1.165) is 70.9 Å². The van der Waals surface area contributed by atoms with Gasteiger partial charge in [0.2, 0.25) is 0 Å². The number of hydrogen-bond donors (Lipinski definition) is 2. The first-order valence-electron chi connectivity index (χ1n) is 17.9. The first-order valence-corrected chi connectivity index (χ1v) is 17.9. The average Bonchev–Trinajstić information content (AvgIpc) is 3.20. The van der Waals surface area contributed by atoms with Crippen molar-refractivity contribution in [1.82, 2.24) is 10.2 Å². The van der Waals surface area contributed by atoms with E-state index in [4.69, 9.17) is 18.9 Å². The molecular weight excluding hydrogens is 652 g/mol. The zero-order valence-corrected chi connectivity index (χ0v) is 30.0. The Morgan fingerprint density at radius 3 is 2.21 bits per heavy atom. The number of fused-ring (bicyclic) bond motifs is 1. The second-order valence-corrected chi connectivity index (χ2v) is 13.6. The molecule has 2 heterocycles. The fraction of sp³-hybridized carbons (Fsp3) is 0.295. The van der Waals surface area contributed by atoms with E-state index in [1.165, 1.54) is 11.1 Å². The number of carbonyl (C=O) groups excluding carboxylic acids is 1. The van der Waals surface area contributed by atoms with Gasteiger partial charge in [0.05, 0.1) is 33.0 Å². The molecule has 1 saturated heterocycles. The van der Waals surface area contributed by atoms with E-state index >= 15 is 0 Å². The van der Waals surface area contributed by atoms with Gasteiger partial charge in [-0.2, -0.15) is 0 Å². The predicted molar refractivity (Wildman–Crippen MR) is 201 cm³/mol. The summed E-state index contributed by atoms with van der Waals surface area (Å²) in [6.07, 6.45) is 0.0458. The van der Waals surface area contributed by atoms with Gasteiger partial charge in [-0.05, 0) is 69.6 Å². The Balaban J connectivity index is 1.11. The van der Waals surface area contributed by atoms with Gasteiger partial charge in [0.1, 0.15) is 0 Å². The van der Waals surface area contributed by atoms with Crippen LogP contribution in [-0.4, -0.2) is 49.3 Å². The van der Waals surface area contributed by atoms with Crippen molar-refractivity contribution in [2.24, 2.45) is 5.92 Å². The van der Waals surface area contributed by atoms with Crippen LogP contribution in [0.5, 0.6) is 11.5 Å². The Labute approximate surface area is 305 Å². The van der Waals surface area contributed by atoms with E-state index in [9.17, 15) is 9.90 Å². The number of benzene rings is 5. The van der Waals surface area contributed by atoms with Crippen LogP contribution in [0.4, 0.5) is 0 Å². The van der Waals surface area contributed by atoms with E-state index in [1.807, 2.05) is 60.7 Å². The number of nitrogens with one attached hydrogen (secondary N) is 1. The number of nitrogens with zero attached hydrogens (tertiary/aromatic N) is 1. The zero-order chi connectivity index (χ0) is 36.0. The van der Waals surface area contributed by atoms with Gasteiger partial charge in [-0.15, -0.1) is 0 Å². The van der Waals surface area contributed by atoms with Crippen LogP contribution in [0.1, 0.15) is 63.1 Å². The van der Waals surface area contributed by atoms with Crippen molar-refractivity contribution in [3.8, 4) is 22.6 Å². The van der Waals surface area contributed by atoms with Gasteiger partial charge < -0.3 is 29.4 Å². The SMILES string of the molecule is COc1cc2c(cc1OC)CN(C[C@H]1O[C@@H](c3ccc(-c4ccccc4CNC(=O)c4ccccc4)cc3)O[C@@H](c3ccc(CO)cc3)[C@H]1C)CC2. The molecule has 1 fully saturated rings. The topological polar surface area (TPSA) is 89.5 Å². The van der Waals surface area contributed by atoms with Crippen LogP contribution in [0.15, 0.2) is 115 Å². The molecule has 52 heavy (non-hydrogen) atoms. The molecule has 2 N–H and O–H groups in total. The number of aliphatic hydroxyl groups excluding tert-OH is 1. The first-order chi connectivity index (χ1) is 25.4. The van der Waals surface area contributed by atoms with Crippen molar-refractivity contribution in [3.05, 3.63) is 154 Å². The molecule has 0 aromatic heterocycles. The third-order valence-corrected chi connectivity index (χ3v) is 10.3. The lowest BCUT2D eigenvalue weighted by molar-refractivity contribution is -0.276. The second kappa shape index (κ2) is 16.1. The number of methoxy groups -OCH3 is 2. The Hall–Kier alpha value is -4.99. The Morgan fingerprint density at radius 1 is 0.827 bits per heavy atom. The van der Waals surface area contributed by atoms with Crippen LogP contribution in [-0.2, 0) is 35.6 Å². The van der Waals surface area contributed by atoms with E-state index < -0.39 is 6.29 Å². The van der Waals surface area contributed by atoms with Crippen LogP contribution >= 0.6 is 0 Å². The van der Waals surface area contributed by atoms with Crippen LogP contribution in [0.2, 0.25) is 0 Å². The smallest absolute Gasteiger partial charge is 0.251 e. The summed E-state index contributed by atoms with van der Waals surface area (Å²) < 4.78 is 24.8. The second-order valence-electron chi connectivity index (χ2n) is 13.6. The maximum atomic E-state index is 12.8. The van der Waals surface area contributed by atoms with E-state index in [0.29, 0.717) is 12.1 Å². The van der Waals surface area contributed by atoms with Crippen molar-refractivity contribution < 1.29 is 28.8 Å². The number of hydrogen-bond acceptors (Lipinski definition) is 7. The van der Waals surface area contributed by atoms with Gasteiger partial charge in [0.15, 0.2) is 17.8 Å². The van der Waals surface area contributed by atoms with E-state index in [-0.39, 0.29) is 30.6 Å². The third kappa shape index (κ3) is 7.76. The van der Waals surface area contributed by atoms with E-state index in [1.54, 1.807) is 14.2 Å². The zero-order valence-electron chi connectivity index (χ0n) is 30.0. The lowest BCUT2D eigenvalue weighted by atomic mass is 9.89. The average molecular weight is 699 g/mol. The summed E-state index contributed by atoms with van der Waals surface area (Å²) in [7, 11) is 3.35. The van der Waals surface area contributed by atoms with Gasteiger partial charge in [0, 0.05) is 43.2 Å². The molecule has 5 aromatic carbocycles. The molecule has 2 aliphatic rings. The number of rotatable bonds is 11. The summed E-state index contributed by atoms with van der Waals surface area (Å²) in [5, 5.41) is 12.7. The van der Waals surface area contributed by atoms with Crippen molar-refractivity contribution in [1.29, 1.82) is 0 Å². The number of ether oxygens (including phenoxy) is 4. The molecule has 0 bridgehead atoms. The molecule has 0 radical (unpaired) electrons. The Kier molecular flexibility index (Phi) is 11.0. The van der Waals surface area contributed by atoms with Crippen LogP contribution in [0.3, 0.4) is 0 Å². The fourth-order valence-electron chi connectivity index (χ4n) is 7.32. The van der Waals surface area contributed by atoms with Crippen molar-refractivity contribution in [2.75, 3.05) is 27.3 Å². The highest BCUT2D eigenvalue weighted by Gasteiger charge is 2.39. The van der Waals surface area contributed by atoms with Crippen LogP contribution < -0.4 is 14.8 Å². The lowest BCUT2D eigenvalue weighted by Crippen LogP contribution is -2.45. The summed E-state index contributed by atoms with van der Waals surface area (Å²) in [6, 6.07) is 38.0. The van der Waals surface area contributed by atoms with Crippen molar-refractivity contribution in [2.45, 2.75) is 51.5 Å². The Morgan fingerprint density at radius 2 is 1.50 bits per heavy atom. The summed E-state index contributed by atoms with van der Waals surface area (Å²) in [5.41, 5.74) is 9.17. The molecule has 2 aliphatic heterocycles. The molecule has 268 valence electrons. The minimum absolute atomic E-state index is 0.00230. The van der Waals surface area contributed by atoms with E-state index in [2.05, 4.69) is 71.7 Å². The largest absolute Gasteiger partial charge is 0.493 e. The Bertz CT molecular complexity index is 1960. The van der Waals surface area contributed by atoms with Crippen molar-refractivity contribution >= 4 is 5.91 Å². The van der Waals surface area contributed by atoms with Gasteiger partial charge in [-0.3, -0.25) is 9.69 Å². The number of aliphatic hydroxyl groups is 1. The summed E-state index contributed by atoms with van der Waals surface area (Å²) in [5.74, 6) is 1.47. The summed E-state index contributed by atoms with van der Waals surface area (Å²) >= 11 is 0. The van der Waals surface area contributed by atoms with Gasteiger partial charge >= 0.3 is 0 Å². The molecule has 0 aliphatic carbocycles. The van der Waals surface area contributed by atoms with Gasteiger partial charge in [-0.25, -0.2) is 0 Å². The summed E-state index contributed by atoms with van der Waals surface area (Å²) in [4.78, 5) is 15.2. The van der Waals surface area contributed by atoms with Gasteiger partial charge in [0.25, 0.3) is 5.91 Å². The van der Waals surface area contributed by atoms with Crippen LogP contribution in [0, 0.1) is 5.92 Å². The van der Waals surface area contributed by atoms with Gasteiger partial charge in [-0.1, -0.05) is 97.9 Å². The van der Waals surface area contributed by atoms with Crippen molar-refractivity contribution in [3.63, 3.8) is 0 Å². The number of carbonyl (C=O) groups is 1. The molecule has 0 saturated carbocycles. The molecule has 5 aromatic rings. The minimum Gasteiger partial charge on any atom is -0.493 e. The molecule has 4 atom stereocenters.